The molecule has 6 nitrogen and oxygen atoms in total. The van der Waals surface area contributed by atoms with E-state index in [0.717, 1.165) is 0 Å². The number of hydrogen-bond acceptors (Lipinski definition) is 5. The van der Waals surface area contributed by atoms with Crippen molar-refractivity contribution in [1.29, 1.82) is 0 Å². The first-order valence-corrected chi connectivity index (χ1v) is 10.1. The highest BCUT2D eigenvalue weighted by atomic mass is 16.5. The highest BCUT2D eigenvalue weighted by molar-refractivity contribution is 5.81. The normalized spacial score (nSPS) is 14.4. The lowest BCUT2D eigenvalue weighted by molar-refractivity contribution is 0.355. The molecular weight excluding hydrogens is 366 g/mol. The average Bonchev–Trinajstić information content (AvgIpc) is 2.76. The molecule has 0 radical (unpaired) electrons. The first-order valence-electron chi connectivity index (χ1n) is 10.1. The van der Waals surface area contributed by atoms with Crippen molar-refractivity contribution in [2.75, 3.05) is 14.2 Å². The Morgan fingerprint density at radius 2 is 1.79 bits per heavy atom. The third-order valence-corrected chi connectivity index (χ3v) is 5.71. The molecule has 0 fully saturated rings. The molecule has 0 aliphatic heterocycles. The van der Waals surface area contributed by atoms with Crippen LogP contribution in [0.15, 0.2) is 35.1 Å². The number of methoxy groups -OCH3 is 2. The molecule has 1 heterocycles. The van der Waals surface area contributed by atoms with Gasteiger partial charge in [0, 0.05) is 12.1 Å². The Balaban J connectivity index is 1.54. The first-order chi connectivity index (χ1) is 14.1. The molecule has 3 aromatic rings. The van der Waals surface area contributed by atoms with Crippen LogP contribution < -0.4 is 20.3 Å². The Bertz CT molecular complexity index is 1090. The van der Waals surface area contributed by atoms with Crippen LogP contribution in [-0.2, 0) is 19.4 Å². The third kappa shape index (κ3) is 3.98. The van der Waals surface area contributed by atoms with Crippen LogP contribution in [0, 0.1) is 0 Å². The Labute approximate surface area is 170 Å². The van der Waals surface area contributed by atoms with Crippen LogP contribution in [0.2, 0.25) is 0 Å². The minimum Gasteiger partial charge on any atom is -0.493 e. The summed E-state index contributed by atoms with van der Waals surface area (Å²) in [6, 6.07) is 10.3. The maximum absolute atomic E-state index is 12.5. The standard InChI is InChI=1S/C23H27N3O3/c1-14(16-9-8-15-6-4-5-7-17(15)10-16)24-13-22-25-19-12-21(29-3)20(28-2)11-18(19)23(27)26-22/h8-12,14,24H,4-7,13H2,1-3H3,(H,25,26,27). The van der Waals surface area contributed by atoms with Crippen molar-refractivity contribution < 1.29 is 9.47 Å². The smallest absolute Gasteiger partial charge is 0.258 e. The Hall–Kier alpha value is -2.86. The molecule has 0 saturated heterocycles. The van der Waals surface area contributed by atoms with Gasteiger partial charge in [0.15, 0.2) is 11.5 Å². The number of nitrogens with one attached hydrogen (secondary N) is 2. The Morgan fingerprint density at radius 3 is 2.55 bits per heavy atom. The van der Waals surface area contributed by atoms with Crippen molar-refractivity contribution in [1.82, 2.24) is 15.3 Å². The lowest BCUT2D eigenvalue weighted by Crippen LogP contribution is -2.22. The lowest BCUT2D eigenvalue weighted by atomic mass is 9.89. The minimum absolute atomic E-state index is 0.161. The topological polar surface area (TPSA) is 76.2 Å². The molecule has 2 aromatic carbocycles. The number of nitrogens with zero attached hydrogens (tertiary/aromatic N) is 1. The van der Waals surface area contributed by atoms with Crippen LogP contribution in [0.25, 0.3) is 10.9 Å². The molecule has 1 aromatic heterocycles. The summed E-state index contributed by atoms with van der Waals surface area (Å²) < 4.78 is 10.6. The van der Waals surface area contributed by atoms with E-state index in [2.05, 4.69) is 40.4 Å². The van der Waals surface area contributed by atoms with Gasteiger partial charge in [0.1, 0.15) is 5.82 Å². The van der Waals surface area contributed by atoms with E-state index in [0.29, 0.717) is 34.8 Å². The molecule has 2 N–H and O–H groups in total. The second-order valence-electron chi connectivity index (χ2n) is 7.57. The van der Waals surface area contributed by atoms with Gasteiger partial charge in [0.2, 0.25) is 0 Å². The van der Waals surface area contributed by atoms with Gasteiger partial charge in [-0.15, -0.1) is 0 Å². The van der Waals surface area contributed by atoms with Crippen molar-refractivity contribution in [3.63, 3.8) is 0 Å². The fraction of sp³-hybridized carbons (Fsp3) is 0.391. The predicted octanol–water partition coefficient (Wildman–Crippen LogP) is 3.67. The molecule has 0 saturated carbocycles. The Morgan fingerprint density at radius 1 is 1.07 bits per heavy atom. The number of aromatic nitrogens is 2. The van der Waals surface area contributed by atoms with Crippen LogP contribution in [-0.4, -0.2) is 24.2 Å². The van der Waals surface area contributed by atoms with Gasteiger partial charge in [0.05, 0.1) is 31.7 Å². The summed E-state index contributed by atoms with van der Waals surface area (Å²) in [5, 5.41) is 3.96. The molecule has 1 aliphatic carbocycles. The zero-order chi connectivity index (χ0) is 20.4. The van der Waals surface area contributed by atoms with Crippen LogP contribution in [0.3, 0.4) is 0 Å². The number of fused-ring (bicyclic) bond motifs is 2. The molecule has 152 valence electrons. The quantitative estimate of drug-likeness (QED) is 0.668. The van der Waals surface area contributed by atoms with Crippen molar-refractivity contribution in [3.8, 4) is 11.5 Å². The van der Waals surface area contributed by atoms with Gasteiger partial charge in [-0.3, -0.25) is 4.79 Å². The van der Waals surface area contributed by atoms with Crippen molar-refractivity contribution in [2.45, 2.75) is 45.2 Å². The van der Waals surface area contributed by atoms with E-state index in [1.807, 2.05) is 0 Å². The maximum atomic E-state index is 12.5. The second kappa shape index (κ2) is 8.25. The van der Waals surface area contributed by atoms with Crippen molar-refractivity contribution in [3.05, 3.63) is 63.2 Å². The lowest BCUT2D eigenvalue weighted by Gasteiger charge is -2.20. The highest BCUT2D eigenvalue weighted by Gasteiger charge is 2.14. The summed E-state index contributed by atoms with van der Waals surface area (Å²) in [5.41, 5.74) is 4.62. The molecule has 0 amide bonds. The Kier molecular flexibility index (Phi) is 5.53. The molecular formula is C23H27N3O3. The van der Waals surface area contributed by atoms with E-state index in [1.54, 1.807) is 26.4 Å². The number of H-pyrrole nitrogens is 1. The molecule has 29 heavy (non-hydrogen) atoms. The van der Waals surface area contributed by atoms with Gasteiger partial charge in [-0.2, -0.15) is 0 Å². The summed E-state index contributed by atoms with van der Waals surface area (Å²) in [4.78, 5) is 20.0. The van der Waals surface area contributed by atoms with Gasteiger partial charge in [-0.1, -0.05) is 18.2 Å². The maximum Gasteiger partial charge on any atom is 0.258 e. The molecule has 4 rings (SSSR count). The van der Waals surface area contributed by atoms with Crippen LogP contribution in [0.1, 0.15) is 48.3 Å². The number of aryl methyl sites for hydroxylation is 2. The van der Waals surface area contributed by atoms with E-state index >= 15 is 0 Å². The number of aromatic amines is 1. The monoisotopic (exact) mass is 393 g/mol. The number of hydrogen-bond donors (Lipinski definition) is 2. The summed E-state index contributed by atoms with van der Waals surface area (Å²) in [6.07, 6.45) is 4.92. The third-order valence-electron chi connectivity index (χ3n) is 5.71. The van der Waals surface area contributed by atoms with E-state index in [1.165, 1.54) is 42.4 Å². The van der Waals surface area contributed by atoms with Crippen molar-refractivity contribution in [2.24, 2.45) is 0 Å². The molecule has 1 aliphatic rings. The van der Waals surface area contributed by atoms with Gasteiger partial charge < -0.3 is 19.8 Å². The molecule has 0 bridgehead atoms. The SMILES string of the molecule is COc1cc2nc(CNC(C)c3ccc4c(c3)CCCC4)[nH]c(=O)c2cc1OC. The molecule has 6 heteroatoms. The van der Waals surface area contributed by atoms with E-state index in [-0.39, 0.29) is 11.6 Å². The fourth-order valence-corrected chi connectivity index (χ4v) is 3.99. The van der Waals surface area contributed by atoms with E-state index in [4.69, 9.17) is 9.47 Å². The van der Waals surface area contributed by atoms with Gasteiger partial charge in [0.25, 0.3) is 5.56 Å². The largest absolute Gasteiger partial charge is 0.493 e. The fourth-order valence-electron chi connectivity index (χ4n) is 3.99. The zero-order valence-corrected chi connectivity index (χ0v) is 17.2. The van der Waals surface area contributed by atoms with Crippen LogP contribution in [0.5, 0.6) is 11.5 Å². The molecule has 1 unspecified atom stereocenters. The number of rotatable bonds is 6. The average molecular weight is 393 g/mol. The number of benzene rings is 2. The van der Waals surface area contributed by atoms with Crippen LogP contribution in [0.4, 0.5) is 0 Å². The minimum atomic E-state index is -0.186. The summed E-state index contributed by atoms with van der Waals surface area (Å²) >= 11 is 0. The summed E-state index contributed by atoms with van der Waals surface area (Å²) in [6.45, 7) is 2.61. The van der Waals surface area contributed by atoms with Gasteiger partial charge in [-0.25, -0.2) is 4.98 Å². The predicted molar refractivity (Wildman–Crippen MR) is 114 cm³/mol. The van der Waals surface area contributed by atoms with Gasteiger partial charge in [-0.05, 0) is 55.4 Å². The number of ether oxygens (including phenoxy) is 2. The second-order valence-corrected chi connectivity index (χ2v) is 7.57. The molecule has 1 atom stereocenters. The summed E-state index contributed by atoms with van der Waals surface area (Å²) in [5.74, 6) is 1.66. The van der Waals surface area contributed by atoms with E-state index < -0.39 is 0 Å². The summed E-state index contributed by atoms with van der Waals surface area (Å²) in [7, 11) is 3.12. The molecule has 0 spiro atoms. The van der Waals surface area contributed by atoms with Crippen LogP contribution >= 0.6 is 0 Å². The van der Waals surface area contributed by atoms with Gasteiger partial charge >= 0.3 is 0 Å². The van der Waals surface area contributed by atoms with E-state index in [9.17, 15) is 4.79 Å². The first kappa shape index (κ1) is 19.5. The highest BCUT2D eigenvalue weighted by Crippen LogP contribution is 2.30. The van der Waals surface area contributed by atoms with Crippen molar-refractivity contribution >= 4 is 10.9 Å². The zero-order valence-electron chi connectivity index (χ0n) is 17.2.